The van der Waals surface area contributed by atoms with Gasteiger partial charge in [-0.2, -0.15) is 8.42 Å². The average molecular weight is 345 g/mol. The number of thiazole rings is 1. The molecule has 10 nitrogen and oxygen atoms in total. The van der Waals surface area contributed by atoms with Crippen LogP contribution in [0.1, 0.15) is 10.4 Å². The number of carbonyl (C=O) groups is 1. The van der Waals surface area contributed by atoms with E-state index in [1.165, 1.54) is 18.2 Å². The molecule has 0 bridgehead atoms. The van der Waals surface area contributed by atoms with E-state index in [9.17, 15) is 23.3 Å². The van der Waals surface area contributed by atoms with Crippen LogP contribution in [0.4, 0.5) is 10.1 Å². The molecule has 2 rings (SSSR count). The molecule has 1 aromatic heterocycles. The van der Waals surface area contributed by atoms with Gasteiger partial charge in [-0.15, -0.1) is 0 Å². The number of rotatable bonds is 5. The summed E-state index contributed by atoms with van der Waals surface area (Å²) in [4.78, 5) is 25.5. The fourth-order valence-electron chi connectivity index (χ4n) is 1.41. The van der Waals surface area contributed by atoms with E-state index in [-0.39, 0.29) is 15.7 Å². The standard InChI is InChI=1S/C10H7N3O7S2/c14-9(12-10-11-5-8(21-10)13(15)16)6-3-1-2-4-7(6)20-22(17,18)19/h1-5H,(H,11,12,14)(H,17,18,19). The van der Waals surface area contributed by atoms with E-state index in [4.69, 9.17) is 4.55 Å². The Morgan fingerprint density at radius 2 is 2.09 bits per heavy atom. The van der Waals surface area contributed by atoms with E-state index in [0.717, 1.165) is 12.3 Å². The lowest BCUT2D eigenvalue weighted by molar-refractivity contribution is -0.380. The van der Waals surface area contributed by atoms with Gasteiger partial charge in [-0.1, -0.05) is 12.1 Å². The van der Waals surface area contributed by atoms with Gasteiger partial charge in [-0.25, -0.2) is 4.98 Å². The molecule has 0 unspecified atom stereocenters. The fourth-order valence-corrected chi connectivity index (χ4v) is 2.41. The zero-order chi connectivity index (χ0) is 16.3. The Morgan fingerprint density at radius 3 is 2.68 bits per heavy atom. The van der Waals surface area contributed by atoms with Crippen molar-refractivity contribution in [3.63, 3.8) is 0 Å². The molecule has 1 heterocycles. The first-order valence-corrected chi connectivity index (χ1v) is 7.62. The lowest BCUT2D eigenvalue weighted by atomic mass is 10.2. The number of carbonyl (C=O) groups excluding carboxylic acids is 1. The molecule has 0 saturated carbocycles. The first kappa shape index (κ1) is 15.8. The van der Waals surface area contributed by atoms with Crippen LogP contribution in [0.5, 0.6) is 5.75 Å². The van der Waals surface area contributed by atoms with Crippen LogP contribution in [-0.2, 0) is 10.4 Å². The number of anilines is 1. The van der Waals surface area contributed by atoms with Crippen LogP contribution in [0.15, 0.2) is 30.5 Å². The number of hydrogen-bond acceptors (Lipinski definition) is 8. The molecule has 0 radical (unpaired) electrons. The Balaban J connectivity index is 2.24. The van der Waals surface area contributed by atoms with Crippen molar-refractivity contribution in [2.75, 3.05) is 5.32 Å². The van der Waals surface area contributed by atoms with Crippen molar-refractivity contribution >= 4 is 37.8 Å². The fraction of sp³-hybridized carbons (Fsp3) is 0. The summed E-state index contributed by atoms with van der Waals surface area (Å²) < 4.78 is 34.4. The Morgan fingerprint density at radius 1 is 1.41 bits per heavy atom. The zero-order valence-corrected chi connectivity index (χ0v) is 12.1. The monoisotopic (exact) mass is 345 g/mol. The van der Waals surface area contributed by atoms with Gasteiger partial charge in [-0.3, -0.25) is 24.8 Å². The molecule has 2 N–H and O–H groups in total. The molecule has 0 atom stereocenters. The van der Waals surface area contributed by atoms with Gasteiger partial charge in [0.1, 0.15) is 6.20 Å². The normalized spacial score (nSPS) is 11.0. The zero-order valence-electron chi connectivity index (χ0n) is 10.5. The van der Waals surface area contributed by atoms with E-state index >= 15 is 0 Å². The number of nitro groups is 1. The van der Waals surface area contributed by atoms with Crippen LogP contribution < -0.4 is 9.50 Å². The number of nitrogens with zero attached hydrogens (tertiary/aromatic N) is 2. The summed E-state index contributed by atoms with van der Waals surface area (Å²) in [6, 6.07) is 5.24. The molecule has 2 aromatic rings. The van der Waals surface area contributed by atoms with Crippen molar-refractivity contribution in [1.29, 1.82) is 0 Å². The molecular formula is C10H7N3O7S2. The summed E-state index contributed by atoms with van der Waals surface area (Å²) in [5.41, 5.74) is -0.196. The van der Waals surface area contributed by atoms with Gasteiger partial charge < -0.3 is 4.18 Å². The predicted octanol–water partition coefficient (Wildman–Crippen LogP) is 1.49. The minimum atomic E-state index is -4.80. The molecule has 0 spiro atoms. The molecule has 12 heteroatoms. The van der Waals surface area contributed by atoms with Crippen LogP contribution >= 0.6 is 11.3 Å². The Labute approximate surface area is 127 Å². The molecular weight excluding hydrogens is 338 g/mol. The number of amides is 1. The Kier molecular flexibility index (Phi) is 4.35. The van der Waals surface area contributed by atoms with Gasteiger partial charge >= 0.3 is 15.4 Å². The van der Waals surface area contributed by atoms with Crippen molar-refractivity contribution in [2.24, 2.45) is 0 Å². The van der Waals surface area contributed by atoms with Crippen LogP contribution in [-0.4, -0.2) is 28.8 Å². The van der Waals surface area contributed by atoms with Gasteiger partial charge in [0.05, 0.1) is 10.5 Å². The third-order valence-corrected chi connectivity index (χ3v) is 3.48. The summed E-state index contributed by atoms with van der Waals surface area (Å²) in [5, 5.41) is 12.5. The highest BCUT2D eigenvalue weighted by Crippen LogP contribution is 2.26. The molecule has 1 aromatic carbocycles. The molecule has 0 aliphatic carbocycles. The quantitative estimate of drug-likeness (QED) is 0.470. The van der Waals surface area contributed by atoms with Gasteiger partial charge in [0, 0.05) is 0 Å². The van der Waals surface area contributed by atoms with Crippen LogP contribution in [0.25, 0.3) is 0 Å². The number of aromatic nitrogens is 1. The van der Waals surface area contributed by atoms with Crippen LogP contribution in [0.2, 0.25) is 0 Å². The van der Waals surface area contributed by atoms with Crippen molar-refractivity contribution in [3.05, 3.63) is 46.1 Å². The van der Waals surface area contributed by atoms with E-state index in [0.29, 0.717) is 11.3 Å². The summed E-state index contributed by atoms with van der Waals surface area (Å²) >= 11 is 0.632. The highest BCUT2D eigenvalue weighted by atomic mass is 32.3. The topological polar surface area (TPSA) is 149 Å². The second-order valence-electron chi connectivity index (χ2n) is 3.72. The second kappa shape index (κ2) is 6.05. The molecule has 0 aliphatic rings. The third-order valence-electron chi connectivity index (χ3n) is 2.22. The van der Waals surface area contributed by atoms with Crippen molar-refractivity contribution in [2.45, 2.75) is 0 Å². The summed E-state index contributed by atoms with van der Waals surface area (Å²) in [5.74, 6) is -1.20. The maximum atomic E-state index is 12.0. The number of para-hydroxylation sites is 1. The first-order chi connectivity index (χ1) is 10.3. The summed E-state index contributed by atoms with van der Waals surface area (Å²) in [7, 11) is -4.80. The van der Waals surface area contributed by atoms with E-state index in [2.05, 4.69) is 14.5 Å². The maximum absolute atomic E-state index is 12.0. The van der Waals surface area contributed by atoms with Crippen LogP contribution in [0, 0.1) is 10.1 Å². The Bertz CT molecular complexity index is 831. The van der Waals surface area contributed by atoms with E-state index in [1.807, 2.05) is 0 Å². The minimum Gasteiger partial charge on any atom is -0.361 e. The van der Waals surface area contributed by atoms with Gasteiger partial charge in [0.2, 0.25) is 0 Å². The second-order valence-corrected chi connectivity index (χ2v) is 5.75. The van der Waals surface area contributed by atoms with Crippen molar-refractivity contribution in [1.82, 2.24) is 4.98 Å². The van der Waals surface area contributed by atoms with Crippen molar-refractivity contribution in [3.8, 4) is 5.75 Å². The van der Waals surface area contributed by atoms with Gasteiger partial charge in [0.15, 0.2) is 10.9 Å². The molecule has 116 valence electrons. The third kappa shape index (κ3) is 3.97. The van der Waals surface area contributed by atoms with Crippen molar-refractivity contribution < 1.29 is 26.9 Å². The SMILES string of the molecule is O=C(Nc1ncc([N+](=O)[O-])s1)c1ccccc1OS(=O)(=O)O. The highest BCUT2D eigenvalue weighted by molar-refractivity contribution is 7.81. The molecule has 0 saturated heterocycles. The predicted molar refractivity (Wildman–Crippen MR) is 75.3 cm³/mol. The molecule has 0 fully saturated rings. The first-order valence-electron chi connectivity index (χ1n) is 5.44. The average Bonchev–Trinajstić information content (AvgIpc) is 2.86. The van der Waals surface area contributed by atoms with E-state index in [1.54, 1.807) is 0 Å². The highest BCUT2D eigenvalue weighted by Gasteiger charge is 2.19. The van der Waals surface area contributed by atoms with Gasteiger partial charge in [0.25, 0.3) is 5.91 Å². The maximum Gasteiger partial charge on any atom is 0.446 e. The lowest BCUT2D eigenvalue weighted by Crippen LogP contribution is -2.15. The molecule has 22 heavy (non-hydrogen) atoms. The minimum absolute atomic E-state index is 0.0432. The smallest absolute Gasteiger partial charge is 0.361 e. The number of hydrogen-bond donors (Lipinski definition) is 2. The largest absolute Gasteiger partial charge is 0.446 e. The lowest BCUT2D eigenvalue weighted by Gasteiger charge is -2.07. The van der Waals surface area contributed by atoms with Gasteiger partial charge in [-0.05, 0) is 23.5 Å². The van der Waals surface area contributed by atoms with Crippen LogP contribution in [0.3, 0.4) is 0 Å². The number of nitrogens with one attached hydrogen (secondary N) is 1. The Hall–Kier alpha value is -2.57. The molecule has 1 amide bonds. The summed E-state index contributed by atoms with van der Waals surface area (Å²) in [6.45, 7) is 0. The molecule has 0 aliphatic heterocycles. The van der Waals surface area contributed by atoms with E-state index < -0.39 is 27.0 Å². The number of benzene rings is 1. The summed E-state index contributed by atoms with van der Waals surface area (Å²) in [6.07, 6.45) is 0.973.